The molecule has 0 bridgehead atoms. The Balaban J connectivity index is 2.32. The van der Waals surface area contributed by atoms with Crippen LogP contribution in [0.15, 0.2) is 6.20 Å². The zero-order chi connectivity index (χ0) is 10.1. The molecule has 0 amide bonds. The Morgan fingerprint density at radius 2 is 2.57 bits per heavy atom. The molecule has 76 valence electrons. The SMILES string of the molecule is NC[C@H]1CCn2ncc(C(=O)O)c2C1. The Kier molecular flexibility index (Phi) is 2.25. The number of fused-ring (bicyclic) bond motifs is 1. The summed E-state index contributed by atoms with van der Waals surface area (Å²) in [6.45, 7) is 1.40. The van der Waals surface area contributed by atoms with Gasteiger partial charge in [0.25, 0.3) is 0 Å². The maximum atomic E-state index is 10.8. The van der Waals surface area contributed by atoms with Crippen molar-refractivity contribution in [2.75, 3.05) is 6.54 Å². The fourth-order valence-corrected chi connectivity index (χ4v) is 1.88. The van der Waals surface area contributed by atoms with Crippen molar-refractivity contribution >= 4 is 5.97 Å². The molecule has 5 nitrogen and oxygen atoms in total. The highest BCUT2D eigenvalue weighted by molar-refractivity contribution is 5.88. The van der Waals surface area contributed by atoms with E-state index in [1.54, 1.807) is 4.68 Å². The van der Waals surface area contributed by atoms with Crippen LogP contribution in [-0.2, 0) is 13.0 Å². The van der Waals surface area contributed by atoms with Crippen molar-refractivity contribution in [2.24, 2.45) is 11.7 Å². The van der Waals surface area contributed by atoms with Crippen molar-refractivity contribution < 1.29 is 9.90 Å². The average molecular weight is 195 g/mol. The number of hydrogen-bond acceptors (Lipinski definition) is 3. The van der Waals surface area contributed by atoms with Crippen LogP contribution in [0.3, 0.4) is 0 Å². The third-order valence-corrected chi connectivity index (χ3v) is 2.74. The van der Waals surface area contributed by atoms with Gasteiger partial charge in [0.2, 0.25) is 0 Å². The summed E-state index contributed by atoms with van der Waals surface area (Å²) in [6, 6.07) is 0. The molecule has 0 fully saturated rings. The molecule has 0 saturated heterocycles. The molecule has 0 aromatic carbocycles. The topological polar surface area (TPSA) is 81.1 Å². The van der Waals surface area contributed by atoms with Gasteiger partial charge in [-0.15, -0.1) is 0 Å². The first kappa shape index (κ1) is 9.21. The standard InChI is InChI=1S/C9H13N3O2/c10-4-6-1-2-12-8(3-6)7(5-11-12)9(13)14/h5-6H,1-4,10H2,(H,13,14)/t6-/m0/s1. The van der Waals surface area contributed by atoms with Crippen molar-refractivity contribution in [3.63, 3.8) is 0 Å². The van der Waals surface area contributed by atoms with Gasteiger partial charge < -0.3 is 10.8 Å². The van der Waals surface area contributed by atoms with Crippen LogP contribution in [0.25, 0.3) is 0 Å². The van der Waals surface area contributed by atoms with E-state index < -0.39 is 5.97 Å². The molecule has 1 aromatic heterocycles. The third kappa shape index (κ3) is 1.39. The van der Waals surface area contributed by atoms with Crippen molar-refractivity contribution in [3.8, 4) is 0 Å². The van der Waals surface area contributed by atoms with Gasteiger partial charge in [-0.25, -0.2) is 4.79 Å². The molecule has 0 radical (unpaired) electrons. The summed E-state index contributed by atoms with van der Waals surface area (Å²) in [6.07, 6.45) is 3.15. The van der Waals surface area contributed by atoms with Crippen molar-refractivity contribution in [3.05, 3.63) is 17.5 Å². The number of hydrogen-bond donors (Lipinski definition) is 2. The Bertz CT molecular complexity index is 359. The van der Waals surface area contributed by atoms with E-state index in [1.165, 1.54) is 6.20 Å². The monoisotopic (exact) mass is 195 g/mol. The van der Waals surface area contributed by atoms with E-state index in [9.17, 15) is 4.79 Å². The van der Waals surface area contributed by atoms with E-state index in [4.69, 9.17) is 10.8 Å². The first-order valence-electron chi connectivity index (χ1n) is 4.70. The number of rotatable bonds is 2. The van der Waals surface area contributed by atoms with Gasteiger partial charge in [-0.3, -0.25) is 4.68 Å². The zero-order valence-electron chi connectivity index (χ0n) is 7.81. The molecule has 5 heteroatoms. The van der Waals surface area contributed by atoms with Crippen LogP contribution < -0.4 is 5.73 Å². The number of nitrogens with zero attached hydrogens (tertiary/aromatic N) is 2. The first-order valence-corrected chi connectivity index (χ1v) is 4.70. The highest BCUT2D eigenvalue weighted by Crippen LogP contribution is 2.21. The smallest absolute Gasteiger partial charge is 0.339 e. The van der Waals surface area contributed by atoms with E-state index in [-0.39, 0.29) is 0 Å². The molecule has 0 spiro atoms. The Morgan fingerprint density at radius 1 is 1.79 bits per heavy atom. The molecular formula is C9H13N3O2. The summed E-state index contributed by atoms with van der Waals surface area (Å²) in [7, 11) is 0. The first-order chi connectivity index (χ1) is 6.72. The summed E-state index contributed by atoms with van der Waals surface area (Å²) < 4.78 is 1.77. The second kappa shape index (κ2) is 3.42. The predicted molar refractivity (Wildman–Crippen MR) is 50.1 cm³/mol. The van der Waals surface area contributed by atoms with Crippen molar-refractivity contribution in [1.82, 2.24) is 9.78 Å². The number of carboxylic acid groups (broad SMARTS) is 1. The molecule has 3 N–H and O–H groups in total. The van der Waals surface area contributed by atoms with Gasteiger partial charge in [-0.05, 0) is 25.3 Å². The molecule has 1 aliphatic rings. The minimum absolute atomic E-state index is 0.322. The number of aromatic nitrogens is 2. The predicted octanol–water partition coefficient (Wildman–Crippen LogP) is 0.102. The summed E-state index contributed by atoms with van der Waals surface area (Å²) in [5, 5.41) is 12.9. The van der Waals surface area contributed by atoms with Crippen LogP contribution >= 0.6 is 0 Å². The minimum Gasteiger partial charge on any atom is -0.478 e. The molecule has 1 atom stereocenters. The Hall–Kier alpha value is -1.36. The second-order valence-corrected chi connectivity index (χ2v) is 3.63. The molecule has 2 rings (SSSR count). The highest BCUT2D eigenvalue weighted by Gasteiger charge is 2.23. The summed E-state index contributed by atoms with van der Waals surface area (Å²) >= 11 is 0. The quantitative estimate of drug-likeness (QED) is 0.701. The van der Waals surface area contributed by atoms with Crippen LogP contribution in [0.2, 0.25) is 0 Å². The van der Waals surface area contributed by atoms with Gasteiger partial charge in [0.05, 0.1) is 11.9 Å². The molecule has 1 aliphatic heterocycles. The maximum absolute atomic E-state index is 10.8. The van der Waals surface area contributed by atoms with Crippen LogP contribution in [0.1, 0.15) is 22.5 Å². The Labute approximate surface area is 81.5 Å². The molecule has 0 unspecified atom stereocenters. The van der Waals surface area contributed by atoms with Crippen LogP contribution in [0.4, 0.5) is 0 Å². The molecular weight excluding hydrogens is 182 g/mol. The maximum Gasteiger partial charge on any atom is 0.339 e. The summed E-state index contributed by atoms with van der Waals surface area (Å²) in [5.41, 5.74) is 6.72. The van der Waals surface area contributed by atoms with E-state index in [2.05, 4.69) is 5.10 Å². The third-order valence-electron chi connectivity index (χ3n) is 2.74. The van der Waals surface area contributed by atoms with E-state index in [1.807, 2.05) is 0 Å². The summed E-state index contributed by atoms with van der Waals surface area (Å²) in [5.74, 6) is -0.499. The van der Waals surface area contributed by atoms with Crippen LogP contribution in [0.5, 0.6) is 0 Å². The highest BCUT2D eigenvalue weighted by atomic mass is 16.4. The Morgan fingerprint density at radius 3 is 3.21 bits per heavy atom. The van der Waals surface area contributed by atoms with E-state index in [0.29, 0.717) is 18.0 Å². The largest absolute Gasteiger partial charge is 0.478 e. The number of nitrogens with two attached hydrogens (primary N) is 1. The van der Waals surface area contributed by atoms with Crippen LogP contribution in [-0.4, -0.2) is 27.4 Å². The fraction of sp³-hybridized carbons (Fsp3) is 0.556. The van der Waals surface area contributed by atoms with Gasteiger partial charge in [-0.1, -0.05) is 0 Å². The van der Waals surface area contributed by atoms with Crippen LogP contribution in [0, 0.1) is 5.92 Å². The lowest BCUT2D eigenvalue weighted by molar-refractivity contribution is 0.0694. The second-order valence-electron chi connectivity index (χ2n) is 3.63. The lowest BCUT2D eigenvalue weighted by atomic mass is 9.95. The van der Waals surface area contributed by atoms with E-state index >= 15 is 0 Å². The summed E-state index contributed by atoms with van der Waals surface area (Å²) in [4.78, 5) is 10.8. The lowest BCUT2D eigenvalue weighted by Gasteiger charge is -2.22. The van der Waals surface area contributed by atoms with Crippen molar-refractivity contribution in [1.29, 1.82) is 0 Å². The number of carboxylic acids is 1. The molecule has 0 aliphatic carbocycles. The lowest BCUT2D eigenvalue weighted by Crippen LogP contribution is -2.26. The zero-order valence-corrected chi connectivity index (χ0v) is 7.81. The number of aromatic carboxylic acids is 1. The normalized spacial score (nSPS) is 20.5. The molecule has 1 aromatic rings. The van der Waals surface area contributed by atoms with Crippen molar-refractivity contribution in [2.45, 2.75) is 19.4 Å². The van der Waals surface area contributed by atoms with Gasteiger partial charge in [-0.2, -0.15) is 5.10 Å². The average Bonchev–Trinajstić information content (AvgIpc) is 2.59. The van der Waals surface area contributed by atoms with Gasteiger partial charge in [0.15, 0.2) is 0 Å². The molecule has 14 heavy (non-hydrogen) atoms. The van der Waals surface area contributed by atoms with Gasteiger partial charge in [0.1, 0.15) is 5.56 Å². The minimum atomic E-state index is -0.899. The molecule has 0 saturated carbocycles. The fourth-order valence-electron chi connectivity index (χ4n) is 1.88. The molecule has 2 heterocycles. The van der Waals surface area contributed by atoms with Gasteiger partial charge in [0, 0.05) is 6.54 Å². The van der Waals surface area contributed by atoms with E-state index in [0.717, 1.165) is 25.1 Å². The number of carbonyl (C=O) groups is 1. The number of aryl methyl sites for hydroxylation is 1. The van der Waals surface area contributed by atoms with Gasteiger partial charge >= 0.3 is 5.97 Å².